The predicted octanol–water partition coefficient (Wildman–Crippen LogP) is 2.03. The Kier molecular flexibility index (Phi) is 2.79. The summed E-state index contributed by atoms with van der Waals surface area (Å²) in [6.07, 6.45) is -4.42. The van der Waals surface area contributed by atoms with E-state index in [9.17, 15) is 13.2 Å². The number of halogens is 3. The summed E-state index contributed by atoms with van der Waals surface area (Å²) in [5, 5.41) is 7.31. The van der Waals surface area contributed by atoms with E-state index in [1.807, 2.05) is 5.16 Å². The number of thiocarbonyl (C=S) groups is 1. The van der Waals surface area contributed by atoms with Crippen molar-refractivity contribution in [3.63, 3.8) is 0 Å². The van der Waals surface area contributed by atoms with Crippen LogP contribution in [0.15, 0.2) is 11.1 Å². The number of nitrogens with zero attached hydrogens (tertiary/aromatic N) is 2. The molecule has 1 aromatic heterocycles. The number of H-pyrrole nitrogens is 1. The van der Waals surface area contributed by atoms with Crippen LogP contribution in [-0.4, -0.2) is 15.4 Å². The molecular weight excluding hydrogens is 203 g/mol. The Hall–Kier alpha value is -1.20. The average Bonchev–Trinajstić information content (AvgIpc) is 2.47. The van der Waals surface area contributed by atoms with E-state index in [0.29, 0.717) is 0 Å². The molecule has 1 rings (SSSR count). The van der Waals surface area contributed by atoms with Gasteiger partial charge >= 0.3 is 6.18 Å². The van der Waals surface area contributed by atoms with Gasteiger partial charge in [0.2, 0.25) is 0 Å². The number of isothiocyanates is 1. The van der Waals surface area contributed by atoms with Crippen LogP contribution in [0.3, 0.4) is 0 Å². The molecule has 70 valence electrons. The predicted molar refractivity (Wildman–Crippen MR) is 42.3 cm³/mol. The fourth-order valence-electron chi connectivity index (χ4n) is 0.705. The normalized spacial score (nSPS) is 11.0. The van der Waals surface area contributed by atoms with E-state index in [1.165, 1.54) is 0 Å². The van der Waals surface area contributed by atoms with E-state index < -0.39 is 11.9 Å². The molecule has 1 aromatic rings. The summed E-state index contributed by atoms with van der Waals surface area (Å²) >= 11 is 4.26. The number of rotatable bonds is 2. The molecule has 3 nitrogen and oxygen atoms in total. The Balaban J connectivity index is 2.80. The molecule has 0 bridgehead atoms. The summed E-state index contributed by atoms with van der Waals surface area (Å²) in [5.41, 5.74) is -0.702. The van der Waals surface area contributed by atoms with E-state index in [-0.39, 0.29) is 12.2 Å². The number of hydrogen-bond donors (Lipinski definition) is 1. The van der Waals surface area contributed by atoms with Gasteiger partial charge < -0.3 is 0 Å². The highest BCUT2D eigenvalue weighted by Gasteiger charge is 2.33. The van der Waals surface area contributed by atoms with Crippen LogP contribution in [0.5, 0.6) is 0 Å². The van der Waals surface area contributed by atoms with Crippen molar-refractivity contribution in [3.8, 4) is 0 Å². The first kappa shape index (κ1) is 9.88. The zero-order valence-electron chi connectivity index (χ0n) is 6.22. The molecule has 0 aromatic carbocycles. The van der Waals surface area contributed by atoms with E-state index in [4.69, 9.17) is 0 Å². The number of nitrogens with one attached hydrogen (secondary N) is 1. The molecule has 1 heterocycles. The first-order valence-corrected chi connectivity index (χ1v) is 3.60. The lowest BCUT2D eigenvalue weighted by Crippen LogP contribution is -2.04. The molecule has 0 aliphatic heterocycles. The molecular formula is C6H4F3N3S. The van der Waals surface area contributed by atoms with Gasteiger partial charge in [0.25, 0.3) is 0 Å². The second kappa shape index (κ2) is 3.68. The van der Waals surface area contributed by atoms with Crippen molar-refractivity contribution in [1.82, 2.24) is 10.2 Å². The molecule has 0 amide bonds. The zero-order chi connectivity index (χ0) is 9.90. The van der Waals surface area contributed by atoms with Crippen molar-refractivity contribution in [2.24, 2.45) is 4.99 Å². The summed E-state index contributed by atoms with van der Waals surface area (Å²) < 4.78 is 35.9. The molecule has 0 saturated carbocycles. The van der Waals surface area contributed by atoms with Gasteiger partial charge in [-0.3, -0.25) is 5.10 Å². The van der Waals surface area contributed by atoms with Gasteiger partial charge in [0.1, 0.15) is 0 Å². The molecule has 7 heteroatoms. The second-order valence-electron chi connectivity index (χ2n) is 2.18. The minimum Gasteiger partial charge on any atom is -0.280 e. The van der Waals surface area contributed by atoms with Crippen LogP contribution in [-0.2, 0) is 12.7 Å². The summed E-state index contributed by atoms with van der Waals surface area (Å²) in [4.78, 5) is 3.46. The third kappa shape index (κ3) is 2.64. The van der Waals surface area contributed by atoms with Crippen LogP contribution in [0, 0.1) is 0 Å². The fraction of sp³-hybridized carbons (Fsp3) is 0.333. The zero-order valence-corrected chi connectivity index (χ0v) is 7.04. The van der Waals surface area contributed by atoms with Gasteiger partial charge in [-0.15, -0.1) is 0 Å². The van der Waals surface area contributed by atoms with Crippen LogP contribution in [0.1, 0.15) is 11.4 Å². The summed E-state index contributed by atoms with van der Waals surface area (Å²) in [7, 11) is 0. The van der Waals surface area contributed by atoms with Crippen molar-refractivity contribution < 1.29 is 13.2 Å². The van der Waals surface area contributed by atoms with E-state index in [2.05, 4.69) is 27.4 Å². The molecule has 0 atom stereocenters. The van der Waals surface area contributed by atoms with Crippen LogP contribution in [0.2, 0.25) is 0 Å². The van der Waals surface area contributed by atoms with Crippen LogP contribution >= 0.6 is 12.2 Å². The van der Waals surface area contributed by atoms with Gasteiger partial charge in [-0.05, 0) is 18.3 Å². The van der Waals surface area contributed by atoms with Crippen LogP contribution in [0.25, 0.3) is 0 Å². The molecule has 0 aliphatic rings. The Morgan fingerprint density at radius 1 is 1.62 bits per heavy atom. The third-order valence-corrected chi connectivity index (χ3v) is 1.36. The van der Waals surface area contributed by atoms with Crippen molar-refractivity contribution in [3.05, 3.63) is 17.5 Å². The number of aromatic amines is 1. The van der Waals surface area contributed by atoms with E-state index >= 15 is 0 Å². The highest BCUT2D eigenvalue weighted by Crippen LogP contribution is 2.27. The van der Waals surface area contributed by atoms with Crippen LogP contribution in [0.4, 0.5) is 13.2 Å². The monoisotopic (exact) mass is 207 g/mol. The minimum atomic E-state index is -4.42. The first-order valence-electron chi connectivity index (χ1n) is 3.19. The van der Waals surface area contributed by atoms with Crippen molar-refractivity contribution in [2.45, 2.75) is 12.7 Å². The maximum absolute atomic E-state index is 12.0. The van der Waals surface area contributed by atoms with Gasteiger partial charge in [-0.1, -0.05) is 0 Å². The summed E-state index contributed by atoms with van der Waals surface area (Å²) in [6, 6.07) is 0.885. The standard InChI is InChI=1S/C6H4F3N3S/c7-6(8,9)5-1-4(11-12-5)2-10-3-13/h1H,2H2,(H,11,12). The fourth-order valence-corrected chi connectivity index (χ4v) is 0.770. The topological polar surface area (TPSA) is 41.0 Å². The molecule has 0 fully saturated rings. The first-order chi connectivity index (χ1) is 6.04. The molecule has 1 N–H and O–H groups in total. The lowest BCUT2D eigenvalue weighted by molar-refractivity contribution is -0.141. The second-order valence-corrected chi connectivity index (χ2v) is 2.37. The Labute approximate surface area is 76.7 Å². The van der Waals surface area contributed by atoms with Crippen LogP contribution < -0.4 is 0 Å². The van der Waals surface area contributed by atoms with E-state index in [1.54, 1.807) is 0 Å². The smallest absolute Gasteiger partial charge is 0.280 e. The van der Waals surface area contributed by atoms with Gasteiger partial charge in [0, 0.05) is 0 Å². The number of aromatic nitrogens is 2. The molecule has 0 saturated heterocycles. The van der Waals surface area contributed by atoms with E-state index in [0.717, 1.165) is 6.07 Å². The minimum absolute atomic E-state index is 0.0343. The Morgan fingerprint density at radius 2 is 2.31 bits per heavy atom. The lowest BCUT2D eigenvalue weighted by atomic mass is 10.3. The molecule has 13 heavy (non-hydrogen) atoms. The van der Waals surface area contributed by atoms with Gasteiger partial charge in [0.05, 0.1) is 17.4 Å². The maximum atomic E-state index is 12.0. The number of aliphatic imine (C=N–C) groups is 1. The lowest BCUT2D eigenvalue weighted by Gasteiger charge is -1.98. The molecule has 0 radical (unpaired) electrons. The quantitative estimate of drug-likeness (QED) is 0.595. The summed E-state index contributed by atoms with van der Waals surface area (Å²) in [6.45, 7) is 0.0343. The Bertz CT molecular complexity index is 337. The Morgan fingerprint density at radius 3 is 2.77 bits per heavy atom. The highest BCUT2D eigenvalue weighted by atomic mass is 32.1. The number of hydrogen-bond acceptors (Lipinski definition) is 3. The SMILES string of the molecule is FC(F)(F)c1cc(CN=C=S)[nH]n1. The molecule has 0 aliphatic carbocycles. The van der Waals surface area contributed by atoms with Gasteiger partial charge in [0.15, 0.2) is 5.69 Å². The van der Waals surface area contributed by atoms with Crippen molar-refractivity contribution in [2.75, 3.05) is 0 Å². The largest absolute Gasteiger partial charge is 0.435 e. The van der Waals surface area contributed by atoms with Gasteiger partial charge in [-0.25, -0.2) is 4.99 Å². The summed E-state index contributed by atoms with van der Waals surface area (Å²) in [5.74, 6) is 0. The molecule has 0 spiro atoms. The van der Waals surface area contributed by atoms with Crippen molar-refractivity contribution in [1.29, 1.82) is 0 Å². The number of alkyl halides is 3. The molecule has 0 unspecified atom stereocenters. The highest BCUT2D eigenvalue weighted by molar-refractivity contribution is 7.78. The van der Waals surface area contributed by atoms with Gasteiger partial charge in [-0.2, -0.15) is 18.3 Å². The van der Waals surface area contributed by atoms with Crippen molar-refractivity contribution >= 4 is 17.4 Å². The maximum Gasteiger partial charge on any atom is 0.435 e. The third-order valence-electron chi connectivity index (χ3n) is 1.24. The average molecular weight is 207 g/mol.